The normalized spacial score (nSPS) is 20.5. The number of amides is 1. The van der Waals surface area contributed by atoms with E-state index in [2.05, 4.69) is 10.0 Å². The monoisotopic (exact) mass is 353 g/mol. The van der Waals surface area contributed by atoms with Gasteiger partial charge in [0, 0.05) is 25.4 Å². The molecule has 0 aromatic heterocycles. The first kappa shape index (κ1) is 17.3. The molecule has 0 atom stereocenters. The van der Waals surface area contributed by atoms with Gasteiger partial charge >= 0.3 is 0 Å². The van der Waals surface area contributed by atoms with Crippen LogP contribution in [-0.2, 0) is 19.6 Å². The zero-order valence-corrected chi connectivity index (χ0v) is 14.3. The van der Waals surface area contributed by atoms with Crippen molar-refractivity contribution in [3.8, 4) is 0 Å². The predicted octanol–water partition coefficient (Wildman–Crippen LogP) is 0.821. The molecule has 1 heterocycles. The van der Waals surface area contributed by atoms with Gasteiger partial charge in [0.05, 0.1) is 4.90 Å². The van der Waals surface area contributed by atoms with E-state index in [0.29, 0.717) is 44.2 Å². The van der Waals surface area contributed by atoms with Crippen LogP contribution in [0.2, 0.25) is 0 Å². The van der Waals surface area contributed by atoms with E-state index in [1.807, 2.05) is 0 Å². The lowest BCUT2D eigenvalue weighted by molar-refractivity contribution is -0.124. The zero-order chi connectivity index (χ0) is 17.2. The number of rotatable bonds is 6. The second kappa shape index (κ2) is 6.79. The molecule has 7 nitrogen and oxygen atoms in total. The Bertz CT molecular complexity index is 693. The quantitative estimate of drug-likeness (QED) is 0.701. The van der Waals surface area contributed by atoms with Gasteiger partial charge in [-0.2, -0.15) is 0 Å². The van der Waals surface area contributed by atoms with Gasteiger partial charge in [0.2, 0.25) is 15.9 Å². The van der Waals surface area contributed by atoms with E-state index in [9.17, 15) is 13.2 Å². The van der Waals surface area contributed by atoms with Crippen LogP contribution in [0.4, 0.5) is 5.69 Å². The molecule has 1 aromatic rings. The summed E-state index contributed by atoms with van der Waals surface area (Å²) in [5.41, 5.74) is 5.72. The van der Waals surface area contributed by atoms with Gasteiger partial charge < -0.3 is 15.8 Å². The highest BCUT2D eigenvalue weighted by molar-refractivity contribution is 7.89. The largest absolute Gasteiger partial charge is 0.381 e. The van der Waals surface area contributed by atoms with Gasteiger partial charge in [0.15, 0.2) is 0 Å². The molecule has 8 heteroatoms. The number of hydrogen-bond donors (Lipinski definition) is 3. The number of nitrogens with two attached hydrogens (primary N) is 1. The maximum absolute atomic E-state index is 12.3. The molecule has 0 radical (unpaired) electrons. The minimum absolute atomic E-state index is 0.190. The number of carbonyl (C=O) groups is 1. The molecule has 1 aliphatic heterocycles. The Balaban J connectivity index is 1.62. The summed E-state index contributed by atoms with van der Waals surface area (Å²) in [5.74, 6) is 0.201. The van der Waals surface area contributed by atoms with Crippen molar-refractivity contribution in [3.05, 3.63) is 24.3 Å². The molecule has 0 bridgehead atoms. The minimum Gasteiger partial charge on any atom is -0.381 e. The van der Waals surface area contributed by atoms with Crippen molar-refractivity contribution in [2.24, 2.45) is 11.7 Å². The smallest absolute Gasteiger partial charge is 0.244 e. The van der Waals surface area contributed by atoms with Crippen LogP contribution >= 0.6 is 0 Å². The Hall–Kier alpha value is -1.48. The van der Waals surface area contributed by atoms with Crippen LogP contribution in [0.15, 0.2) is 29.2 Å². The first-order valence-electron chi connectivity index (χ1n) is 8.17. The predicted molar refractivity (Wildman–Crippen MR) is 90.0 cm³/mol. The molecule has 2 fully saturated rings. The van der Waals surface area contributed by atoms with Crippen molar-refractivity contribution in [2.75, 3.05) is 25.1 Å². The molecule has 1 amide bonds. The highest BCUT2D eigenvalue weighted by Gasteiger charge is 2.36. The molecule has 1 saturated heterocycles. The van der Waals surface area contributed by atoms with Gasteiger partial charge in [0.25, 0.3) is 0 Å². The van der Waals surface area contributed by atoms with Gasteiger partial charge in [-0.05, 0) is 55.9 Å². The lowest BCUT2D eigenvalue weighted by atomic mass is 9.90. The van der Waals surface area contributed by atoms with Crippen molar-refractivity contribution in [1.29, 1.82) is 0 Å². The molecule has 4 N–H and O–H groups in total. The number of benzene rings is 1. The minimum atomic E-state index is -3.50. The summed E-state index contributed by atoms with van der Waals surface area (Å²) in [6.07, 6.45) is 3.10. The van der Waals surface area contributed by atoms with E-state index in [-0.39, 0.29) is 10.8 Å². The van der Waals surface area contributed by atoms with E-state index in [1.54, 1.807) is 12.1 Å². The highest BCUT2D eigenvalue weighted by Crippen LogP contribution is 2.28. The number of anilines is 1. The van der Waals surface area contributed by atoms with Crippen molar-refractivity contribution >= 4 is 21.6 Å². The van der Waals surface area contributed by atoms with Crippen LogP contribution in [0.5, 0.6) is 0 Å². The lowest BCUT2D eigenvalue weighted by Crippen LogP contribution is -2.54. The molecule has 24 heavy (non-hydrogen) atoms. The molecule has 3 rings (SSSR count). The van der Waals surface area contributed by atoms with Crippen LogP contribution in [0, 0.1) is 5.92 Å². The van der Waals surface area contributed by atoms with E-state index in [1.165, 1.54) is 12.1 Å². The third-order valence-electron chi connectivity index (χ3n) is 4.52. The van der Waals surface area contributed by atoms with E-state index < -0.39 is 15.6 Å². The Kier molecular flexibility index (Phi) is 4.91. The SMILES string of the molecule is NC1(C(=O)Nc2ccc(S(=O)(=O)NCC3CC3)cc2)CCOCC1. The summed E-state index contributed by atoms with van der Waals surface area (Å²) in [5, 5.41) is 2.76. The number of carbonyl (C=O) groups excluding carboxylic acids is 1. The lowest BCUT2D eigenvalue weighted by Gasteiger charge is -2.31. The maximum Gasteiger partial charge on any atom is 0.244 e. The van der Waals surface area contributed by atoms with Crippen molar-refractivity contribution < 1.29 is 17.9 Å². The number of nitrogens with one attached hydrogen (secondary N) is 2. The van der Waals surface area contributed by atoms with Crippen molar-refractivity contribution in [2.45, 2.75) is 36.1 Å². The average molecular weight is 353 g/mol. The van der Waals surface area contributed by atoms with Crippen LogP contribution < -0.4 is 15.8 Å². The van der Waals surface area contributed by atoms with E-state index >= 15 is 0 Å². The topological polar surface area (TPSA) is 111 Å². The summed E-state index contributed by atoms with van der Waals surface area (Å²) < 4.78 is 32.2. The summed E-state index contributed by atoms with van der Waals surface area (Å²) in [6.45, 7) is 1.42. The Labute approximate surface area is 142 Å². The Morgan fingerprint density at radius 1 is 1.21 bits per heavy atom. The second-order valence-electron chi connectivity index (χ2n) is 6.54. The first-order chi connectivity index (χ1) is 11.4. The molecule has 1 aliphatic carbocycles. The first-order valence-corrected chi connectivity index (χ1v) is 9.65. The highest BCUT2D eigenvalue weighted by atomic mass is 32.2. The fourth-order valence-corrected chi connectivity index (χ4v) is 3.68. The summed E-state index contributed by atoms with van der Waals surface area (Å²) >= 11 is 0. The summed E-state index contributed by atoms with van der Waals surface area (Å²) in [7, 11) is -3.50. The van der Waals surface area contributed by atoms with Gasteiger partial charge in [-0.25, -0.2) is 13.1 Å². The van der Waals surface area contributed by atoms with Crippen LogP contribution in [0.3, 0.4) is 0 Å². The molecule has 132 valence electrons. The zero-order valence-electron chi connectivity index (χ0n) is 13.5. The Morgan fingerprint density at radius 3 is 2.42 bits per heavy atom. The molecular weight excluding hydrogens is 330 g/mol. The molecule has 1 aromatic carbocycles. The van der Waals surface area contributed by atoms with Gasteiger partial charge in [0.1, 0.15) is 5.54 Å². The maximum atomic E-state index is 12.3. The third kappa shape index (κ3) is 4.13. The number of hydrogen-bond acceptors (Lipinski definition) is 5. The van der Waals surface area contributed by atoms with Crippen LogP contribution in [-0.4, -0.2) is 39.6 Å². The fourth-order valence-electron chi connectivity index (χ4n) is 2.57. The molecule has 0 spiro atoms. The van der Waals surface area contributed by atoms with Crippen LogP contribution in [0.1, 0.15) is 25.7 Å². The summed E-state index contributed by atoms with van der Waals surface area (Å²) in [4.78, 5) is 12.5. The van der Waals surface area contributed by atoms with Crippen molar-refractivity contribution in [1.82, 2.24) is 4.72 Å². The average Bonchev–Trinajstić information content (AvgIpc) is 3.39. The van der Waals surface area contributed by atoms with Crippen molar-refractivity contribution in [3.63, 3.8) is 0 Å². The van der Waals surface area contributed by atoms with E-state index in [4.69, 9.17) is 10.5 Å². The van der Waals surface area contributed by atoms with Gasteiger partial charge in [-0.3, -0.25) is 4.79 Å². The fraction of sp³-hybridized carbons (Fsp3) is 0.562. The Morgan fingerprint density at radius 2 is 1.83 bits per heavy atom. The summed E-state index contributed by atoms with van der Waals surface area (Å²) in [6, 6.07) is 6.12. The molecule has 0 unspecified atom stereocenters. The number of ether oxygens (including phenoxy) is 1. The molecule has 1 saturated carbocycles. The van der Waals surface area contributed by atoms with Gasteiger partial charge in [-0.1, -0.05) is 0 Å². The van der Waals surface area contributed by atoms with E-state index in [0.717, 1.165) is 12.8 Å². The third-order valence-corrected chi connectivity index (χ3v) is 5.96. The number of sulfonamides is 1. The van der Waals surface area contributed by atoms with Gasteiger partial charge in [-0.15, -0.1) is 0 Å². The second-order valence-corrected chi connectivity index (χ2v) is 8.31. The molecular formula is C16H23N3O4S. The van der Waals surface area contributed by atoms with Crippen LogP contribution in [0.25, 0.3) is 0 Å². The standard InChI is InChI=1S/C16H23N3O4S/c17-16(7-9-23-10-8-16)15(20)19-13-3-5-14(6-4-13)24(21,22)18-11-12-1-2-12/h3-6,12,18H,1-2,7-11,17H2,(H,19,20). The molecule has 2 aliphatic rings.